The number of rotatable bonds is 4. The molecule has 0 aliphatic rings. The van der Waals surface area contributed by atoms with Crippen LogP contribution in [0.3, 0.4) is 0 Å². The summed E-state index contributed by atoms with van der Waals surface area (Å²) in [4.78, 5) is 30.8. The van der Waals surface area contributed by atoms with Crippen LogP contribution >= 0.6 is 22.7 Å². The lowest BCUT2D eigenvalue weighted by molar-refractivity contribution is 0.102. The number of thiophene rings is 1. The highest BCUT2D eigenvalue weighted by atomic mass is 32.1. The number of aromatic nitrogens is 1. The van der Waals surface area contributed by atoms with Gasteiger partial charge in [-0.1, -0.05) is 24.3 Å². The van der Waals surface area contributed by atoms with E-state index in [1.807, 2.05) is 48.9 Å². The molecule has 7 heteroatoms. The van der Waals surface area contributed by atoms with E-state index in [0.29, 0.717) is 27.4 Å². The van der Waals surface area contributed by atoms with Gasteiger partial charge in [-0.2, -0.15) is 0 Å². The standard InChI is InChI=1S/C25H18N2O3S2/c1-14-10-15(2)23-18(11-14)20(28)12-21(30-23)16-5-7-17(8-6-16)24(29)27-25-26-19(13-32-25)22-4-3-9-31-22/h3-13H,1-2H3,(H,26,27,29). The average molecular weight is 459 g/mol. The monoisotopic (exact) mass is 458 g/mol. The molecule has 3 heterocycles. The maximum atomic E-state index is 12.6. The van der Waals surface area contributed by atoms with Crippen LogP contribution in [0.5, 0.6) is 0 Å². The summed E-state index contributed by atoms with van der Waals surface area (Å²) < 4.78 is 6.04. The minimum Gasteiger partial charge on any atom is -0.456 e. The van der Waals surface area contributed by atoms with Gasteiger partial charge in [0.15, 0.2) is 10.6 Å². The Balaban J connectivity index is 1.38. The Morgan fingerprint density at radius 3 is 2.59 bits per heavy atom. The van der Waals surface area contributed by atoms with Crippen LogP contribution in [0.15, 0.2) is 74.6 Å². The van der Waals surface area contributed by atoms with Gasteiger partial charge < -0.3 is 4.42 Å². The first-order valence-electron chi connectivity index (χ1n) is 9.94. The zero-order valence-corrected chi connectivity index (χ0v) is 19.0. The van der Waals surface area contributed by atoms with Gasteiger partial charge in [-0.15, -0.1) is 22.7 Å². The number of fused-ring (bicyclic) bond motifs is 1. The summed E-state index contributed by atoms with van der Waals surface area (Å²) in [5.74, 6) is 0.233. The summed E-state index contributed by atoms with van der Waals surface area (Å²) in [5.41, 5.74) is 4.53. The summed E-state index contributed by atoms with van der Waals surface area (Å²) in [6.45, 7) is 3.89. The van der Waals surface area contributed by atoms with Gasteiger partial charge in [0.05, 0.1) is 16.0 Å². The second kappa shape index (κ2) is 8.18. The van der Waals surface area contributed by atoms with Crippen molar-refractivity contribution >= 4 is 44.7 Å². The molecular formula is C25H18N2O3S2. The zero-order chi connectivity index (χ0) is 22.2. The Morgan fingerprint density at radius 1 is 1.03 bits per heavy atom. The van der Waals surface area contributed by atoms with E-state index < -0.39 is 0 Å². The van der Waals surface area contributed by atoms with Crippen LogP contribution in [-0.2, 0) is 0 Å². The third-order valence-electron chi connectivity index (χ3n) is 5.09. The number of nitrogens with zero attached hydrogens (tertiary/aromatic N) is 1. The third kappa shape index (κ3) is 3.88. The fraction of sp³-hybridized carbons (Fsp3) is 0.0800. The van der Waals surface area contributed by atoms with Crippen LogP contribution in [0.4, 0.5) is 5.13 Å². The van der Waals surface area contributed by atoms with Crippen molar-refractivity contribution < 1.29 is 9.21 Å². The van der Waals surface area contributed by atoms with Crippen molar-refractivity contribution in [2.45, 2.75) is 13.8 Å². The molecule has 0 atom stereocenters. The Hall–Kier alpha value is -3.55. The highest BCUT2D eigenvalue weighted by Crippen LogP contribution is 2.29. The smallest absolute Gasteiger partial charge is 0.257 e. The maximum Gasteiger partial charge on any atom is 0.257 e. The Kier molecular flexibility index (Phi) is 5.20. The van der Waals surface area contributed by atoms with Gasteiger partial charge in [-0.3, -0.25) is 14.9 Å². The molecule has 5 rings (SSSR count). The summed E-state index contributed by atoms with van der Waals surface area (Å²) in [7, 11) is 0. The van der Waals surface area contributed by atoms with Crippen molar-refractivity contribution in [2.75, 3.05) is 5.32 Å². The van der Waals surface area contributed by atoms with Crippen LogP contribution in [0.1, 0.15) is 21.5 Å². The number of carbonyl (C=O) groups excluding carboxylic acids is 1. The number of hydrogen-bond donors (Lipinski definition) is 1. The number of anilines is 1. The molecule has 2 aromatic carbocycles. The molecular weight excluding hydrogens is 440 g/mol. The quantitative estimate of drug-likeness (QED) is 0.333. The fourth-order valence-corrected chi connectivity index (χ4v) is 5.04. The van der Waals surface area contributed by atoms with Crippen LogP contribution in [0, 0.1) is 13.8 Å². The van der Waals surface area contributed by atoms with Crippen molar-refractivity contribution in [3.05, 3.63) is 92.3 Å². The molecule has 5 aromatic rings. The predicted molar refractivity (Wildman–Crippen MR) is 131 cm³/mol. The van der Waals surface area contributed by atoms with E-state index in [1.54, 1.807) is 35.6 Å². The lowest BCUT2D eigenvalue weighted by Gasteiger charge is -2.07. The van der Waals surface area contributed by atoms with E-state index in [0.717, 1.165) is 27.3 Å². The maximum absolute atomic E-state index is 12.6. The number of hydrogen-bond acceptors (Lipinski definition) is 6. The van der Waals surface area contributed by atoms with Gasteiger partial charge in [0.1, 0.15) is 11.3 Å². The molecule has 5 nitrogen and oxygen atoms in total. The van der Waals surface area contributed by atoms with E-state index in [-0.39, 0.29) is 11.3 Å². The van der Waals surface area contributed by atoms with Gasteiger partial charge in [0.2, 0.25) is 0 Å². The normalized spacial score (nSPS) is 11.1. The number of aryl methyl sites for hydroxylation is 2. The lowest BCUT2D eigenvalue weighted by atomic mass is 10.1. The first-order chi connectivity index (χ1) is 15.5. The van der Waals surface area contributed by atoms with E-state index in [2.05, 4.69) is 10.3 Å². The summed E-state index contributed by atoms with van der Waals surface area (Å²) in [6.07, 6.45) is 0. The van der Waals surface area contributed by atoms with Gasteiger partial charge in [0, 0.05) is 22.6 Å². The van der Waals surface area contributed by atoms with E-state index in [9.17, 15) is 9.59 Å². The minimum absolute atomic E-state index is 0.0832. The number of benzene rings is 2. The lowest BCUT2D eigenvalue weighted by Crippen LogP contribution is -2.11. The number of carbonyl (C=O) groups is 1. The van der Waals surface area contributed by atoms with Crippen molar-refractivity contribution in [2.24, 2.45) is 0 Å². The molecule has 0 fully saturated rings. The van der Waals surface area contributed by atoms with Crippen LogP contribution in [-0.4, -0.2) is 10.9 Å². The van der Waals surface area contributed by atoms with Crippen LogP contribution in [0.2, 0.25) is 0 Å². The molecule has 0 unspecified atom stereocenters. The van der Waals surface area contributed by atoms with E-state index in [4.69, 9.17) is 4.42 Å². The predicted octanol–water partition coefficient (Wildman–Crippen LogP) is 6.51. The molecule has 0 saturated carbocycles. The molecule has 0 spiro atoms. The molecule has 3 aromatic heterocycles. The minimum atomic E-state index is -0.241. The second-order valence-corrected chi connectivity index (χ2v) is 9.29. The largest absolute Gasteiger partial charge is 0.456 e. The molecule has 32 heavy (non-hydrogen) atoms. The van der Waals surface area contributed by atoms with Gasteiger partial charge in [-0.25, -0.2) is 4.98 Å². The van der Waals surface area contributed by atoms with Gasteiger partial charge >= 0.3 is 0 Å². The van der Waals surface area contributed by atoms with Crippen LogP contribution < -0.4 is 10.7 Å². The van der Waals surface area contributed by atoms with Crippen LogP contribution in [0.25, 0.3) is 32.9 Å². The fourth-order valence-electron chi connectivity index (χ4n) is 3.58. The van der Waals surface area contributed by atoms with Crippen molar-refractivity contribution in [3.63, 3.8) is 0 Å². The third-order valence-corrected chi connectivity index (χ3v) is 6.74. The van der Waals surface area contributed by atoms with E-state index >= 15 is 0 Å². The molecule has 0 saturated heterocycles. The average Bonchev–Trinajstić information content (AvgIpc) is 3.46. The van der Waals surface area contributed by atoms with Gasteiger partial charge in [0.25, 0.3) is 5.91 Å². The first-order valence-corrected chi connectivity index (χ1v) is 11.7. The highest BCUT2D eigenvalue weighted by Gasteiger charge is 2.13. The Morgan fingerprint density at radius 2 is 1.84 bits per heavy atom. The SMILES string of the molecule is Cc1cc(C)c2oc(-c3ccc(C(=O)Nc4nc(-c5cccs5)cs4)cc3)cc(=O)c2c1. The molecule has 1 N–H and O–H groups in total. The number of nitrogens with one attached hydrogen (secondary N) is 1. The number of thiazole rings is 1. The Bertz CT molecular complexity index is 1500. The van der Waals surface area contributed by atoms with Crippen molar-refractivity contribution in [1.82, 2.24) is 4.98 Å². The summed E-state index contributed by atoms with van der Waals surface area (Å²) >= 11 is 3.00. The molecule has 1 amide bonds. The second-order valence-electron chi connectivity index (χ2n) is 7.48. The topological polar surface area (TPSA) is 72.2 Å². The summed E-state index contributed by atoms with van der Waals surface area (Å²) in [6, 6.07) is 16.3. The van der Waals surface area contributed by atoms with Crippen molar-refractivity contribution in [1.29, 1.82) is 0 Å². The van der Waals surface area contributed by atoms with Gasteiger partial charge in [-0.05, 0) is 54.6 Å². The molecule has 0 radical (unpaired) electrons. The molecule has 158 valence electrons. The molecule has 0 aliphatic heterocycles. The Labute approximate surface area is 192 Å². The first kappa shape index (κ1) is 20.4. The highest BCUT2D eigenvalue weighted by molar-refractivity contribution is 7.16. The van der Waals surface area contributed by atoms with Crippen molar-refractivity contribution in [3.8, 4) is 21.9 Å². The molecule has 0 aliphatic carbocycles. The zero-order valence-electron chi connectivity index (χ0n) is 17.3. The van der Waals surface area contributed by atoms with E-state index in [1.165, 1.54) is 17.4 Å². The number of amides is 1. The molecule has 0 bridgehead atoms. The summed E-state index contributed by atoms with van der Waals surface area (Å²) in [5, 5.41) is 7.89.